The summed E-state index contributed by atoms with van der Waals surface area (Å²) in [5.41, 5.74) is 1.49. The number of nitrogens with zero attached hydrogens (tertiary/aromatic N) is 2. The van der Waals surface area contributed by atoms with Gasteiger partial charge in [0.1, 0.15) is 17.2 Å². The Kier molecular flexibility index (Phi) is 7.88. The van der Waals surface area contributed by atoms with Gasteiger partial charge in [0.05, 0.1) is 33.4 Å². The van der Waals surface area contributed by atoms with Crippen molar-refractivity contribution < 1.29 is 14.2 Å². The summed E-state index contributed by atoms with van der Waals surface area (Å²) >= 11 is 0. The maximum atomic E-state index is 5.54. The van der Waals surface area contributed by atoms with Crippen LogP contribution in [0.2, 0.25) is 0 Å². The molecule has 2 fully saturated rings. The molecular weight excluding hydrogens is 457 g/mol. The van der Waals surface area contributed by atoms with Crippen molar-refractivity contribution in [3.8, 4) is 17.2 Å². The lowest BCUT2D eigenvalue weighted by Crippen LogP contribution is -2.40. The zero-order valence-electron chi connectivity index (χ0n) is 16.8. The van der Waals surface area contributed by atoms with E-state index in [1.165, 1.54) is 32.1 Å². The van der Waals surface area contributed by atoms with E-state index < -0.39 is 0 Å². The fraction of sp³-hybridized carbons (Fsp3) is 0.650. The average Bonchev–Trinajstić information content (AvgIpc) is 3.31. The lowest BCUT2D eigenvalue weighted by molar-refractivity contribution is 0.309. The highest BCUT2D eigenvalue weighted by molar-refractivity contribution is 14.0. The third kappa shape index (κ3) is 4.73. The molecule has 1 heterocycles. The number of methoxy groups -OCH3 is 3. The van der Waals surface area contributed by atoms with Gasteiger partial charge in [0, 0.05) is 32.3 Å². The maximum Gasteiger partial charge on any atom is 0.193 e. The molecule has 1 spiro atoms. The first kappa shape index (κ1) is 21.9. The summed E-state index contributed by atoms with van der Waals surface area (Å²) in [5.74, 6) is 3.17. The van der Waals surface area contributed by atoms with Crippen molar-refractivity contribution in [1.82, 2.24) is 10.2 Å². The molecule has 0 unspecified atom stereocenters. The Labute approximate surface area is 179 Å². The van der Waals surface area contributed by atoms with Gasteiger partial charge in [0.15, 0.2) is 5.96 Å². The molecule has 1 N–H and O–H groups in total. The van der Waals surface area contributed by atoms with E-state index >= 15 is 0 Å². The minimum Gasteiger partial charge on any atom is -0.496 e. The number of guanidine groups is 1. The first-order valence-corrected chi connectivity index (χ1v) is 9.39. The molecule has 2 aliphatic rings. The molecule has 1 aliphatic heterocycles. The van der Waals surface area contributed by atoms with Crippen molar-refractivity contribution in [3.05, 3.63) is 17.7 Å². The van der Waals surface area contributed by atoms with Crippen LogP contribution in [0, 0.1) is 5.41 Å². The van der Waals surface area contributed by atoms with Gasteiger partial charge in [-0.1, -0.05) is 12.8 Å². The molecule has 1 aliphatic carbocycles. The second-order valence-electron chi connectivity index (χ2n) is 7.29. The summed E-state index contributed by atoms with van der Waals surface area (Å²) in [7, 11) is 6.82. The molecule has 0 radical (unpaired) electrons. The van der Waals surface area contributed by atoms with Crippen LogP contribution in [0.25, 0.3) is 0 Å². The largest absolute Gasteiger partial charge is 0.496 e. The molecule has 152 valence electrons. The van der Waals surface area contributed by atoms with Crippen LogP contribution in [0.3, 0.4) is 0 Å². The molecule has 1 saturated carbocycles. The second-order valence-corrected chi connectivity index (χ2v) is 7.29. The zero-order chi connectivity index (χ0) is 18.6. The van der Waals surface area contributed by atoms with E-state index in [0.29, 0.717) is 12.0 Å². The summed E-state index contributed by atoms with van der Waals surface area (Å²) in [5, 5.41) is 3.50. The lowest BCUT2D eigenvalue weighted by atomic mass is 9.86. The van der Waals surface area contributed by atoms with E-state index in [9.17, 15) is 0 Å². The minimum absolute atomic E-state index is 0. The fourth-order valence-electron chi connectivity index (χ4n) is 4.40. The third-order valence-electron chi connectivity index (χ3n) is 5.85. The van der Waals surface area contributed by atoms with Crippen molar-refractivity contribution in [2.75, 3.05) is 41.5 Å². The number of benzene rings is 1. The smallest absolute Gasteiger partial charge is 0.193 e. The molecule has 7 heteroatoms. The SMILES string of the molecule is CN=C(NCc1c(OC)cc(OC)cc1OC)N1CCC2(CCCC2)C1.I. The van der Waals surface area contributed by atoms with Crippen LogP contribution in [-0.4, -0.2) is 52.3 Å². The molecule has 3 rings (SSSR count). The van der Waals surface area contributed by atoms with Crippen LogP contribution in [0.15, 0.2) is 17.1 Å². The number of nitrogens with one attached hydrogen (secondary N) is 1. The highest BCUT2D eigenvalue weighted by Gasteiger charge is 2.41. The highest BCUT2D eigenvalue weighted by Crippen LogP contribution is 2.45. The van der Waals surface area contributed by atoms with Gasteiger partial charge in [-0.05, 0) is 24.7 Å². The van der Waals surface area contributed by atoms with E-state index in [4.69, 9.17) is 14.2 Å². The van der Waals surface area contributed by atoms with Gasteiger partial charge in [-0.3, -0.25) is 4.99 Å². The third-order valence-corrected chi connectivity index (χ3v) is 5.85. The molecule has 1 saturated heterocycles. The van der Waals surface area contributed by atoms with Crippen molar-refractivity contribution in [2.45, 2.75) is 38.6 Å². The summed E-state index contributed by atoms with van der Waals surface area (Å²) in [4.78, 5) is 6.91. The topological polar surface area (TPSA) is 55.3 Å². The van der Waals surface area contributed by atoms with Gasteiger partial charge in [-0.2, -0.15) is 0 Å². The Bertz CT molecular complexity index is 635. The van der Waals surface area contributed by atoms with Crippen molar-refractivity contribution in [1.29, 1.82) is 0 Å². The van der Waals surface area contributed by atoms with Crippen LogP contribution < -0.4 is 19.5 Å². The summed E-state index contributed by atoms with van der Waals surface area (Å²) in [6.07, 6.45) is 6.75. The number of halogens is 1. The molecule has 27 heavy (non-hydrogen) atoms. The molecule has 0 bridgehead atoms. The molecule has 6 nitrogen and oxygen atoms in total. The second kappa shape index (κ2) is 9.71. The number of aliphatic imine (C=N–C) groups is 1. The number of hydrogen-bond acceptors (Lipinski definition) is 4. The quantitative estimate of drug-likeness (QED) is 0.389. The van der Waals surface area contributed by atoms with E-state index in [2.05, 4.69) is 15.2 Å². The molecular formula is C20H32IN3O3. The molecule has 0 amide bonds. The number of ether oxygens (including phenoxy) is 3. The Morgan fingerprint density at radius 2 is 1.70 bits per heavy atom. The van der Waals surface area contributed by atoms with Gasteiger partial charge < -0.3 is 24.4 Å². The van der Waals surface area contributed by atoms with Crippen LogP contribution >= 0.6 is 24.0 Å². The van der Waals surface area contributed by atoms with Crippen LogP contribution in [0.5, 0.6) is 17.2 Å². The van der Waals surface area contributed by atoms with Crippen LogP contribution in [0.1, 0.15) is 37.7 Å². The Morgan fingerprint density at radius 3 is 2.22 bits per heavy atom. The monoisotopic (exact) mass is 489 g/mol. The Balaban J connectivity index is 0.00000261. The van der Waals surface area contributed by atoms with Crippen LogP contribution in [0.4, 0.5) is 0 Å². The summed E-state index contributed by atoms with van der Waals surface area (Å²) < 4.78 is 16.4. The molecule has 1 aromatic carbocycles. The molecule has 1 aromatic rings. The van der Waals surface area contributed by atoms with E-state index in [1.807, 2.05) is 19.2 Å². The van der Waals surface area contributed by atoms with Crippen molar-refractivity contribution >= 4 is 29.9 Å². The first-order chi connectivity index (χ1) is 12.6. The van der Waals surface area contributed by atoms with E-state index in [-0.39, 0.29) is 24.0 Å². The number of rotatable bonds is 5. The van der Waals surface area contributed by atoms with Gasteiger partial charge >= 0.3 is 0 Å². The molecule has 0 aromatic heterocycles. The summed E-state index contributed by atoms with van der Waals surface area (Å²) in [6, 6.07) is 3.76. The van der Waals surface area contributed by atoms with Crippen molar-refractivity contribution in [3.63, 3.8) is 0 Å². The standard InChI is InChI=1S/C20H31N3O3.HI/c1-21-19(23-10-9-20(14-23)7-5-6-8-20)22-13-16-17(25-3)11-15(24-2)12-18(16)26-4;/h11-12H,5-10,13-14H2,1-4H3,(H,21,22);1H. The van der Waals surface area contributed by atoms with Gasteiger partial charge in [0.25, 0.3) is 0 Å². The lowest BCUT2D eigenvalue weighted by Gasteiger charge is -2.26. The Hall–Kier alpha value is -1.38. The predicted molar refractivity (Wildman–Crippen MR) is 119 cm³/mol. The number of hydrogen-bond donors (Lipinski definition) is 1. The van der Waals surface area contributed by atoms with Gasteiger partial charge in [0.2, 0.25) is 0 Å². The Morgan fingerprint density at radius 1 is 1.07 bits per heavy atom. The molecule has 0 atom stereocenters. The number of likely N-dealkylation sites (tertiary alicyclic amines) is 1. The van der Waals surface area contributed by atoms with Gasteiger partial charge in [-0.15, -0.1) is 24.0 Å². The van der Waals surface area contributed by atoms with E-state index in [0.717, 1.165) is 41.9 Å². The van der Waals surface area contributed by atoms with E-state index in [1.54, 1.807) is 21.3 Å². The maximum absolute atomic E-state index is 5.54. The van der Waals surface area contributed by atoms with Gasteiger partial charge in [-0.25, -0.2) is 0 Å². The normalized spacial score (nSPS) is 18.4. The fourth-order valence-corrected chi connectivity index (χ4v) is 4.40. The zero-order valence-corrected chi connectivity index (χ0v) is 19.2. The van der Waals surface area contributed by atoms with Crippen molar-refractivity contribution in [2.24, 2.45) is 10.4 Å². The van der Waals surface area contributed by atoms with Crippen LogP contribution in [-0.2, 0) is 6.54 Å². The average molecular weight is 489 g/mol. The highest BCUT2D eigenvalue weighted by atomic mass is 127. The summed E-state index contributed by atoms with van der Waals surface area (Å²) in [6.45, 7) is 2.78. The minimum atomic E-state index is 0. The first-order valence-electron chi connectivity index (χ1n) is 9.39. The predicted octanol–water partition coefficient (Wildman–Crippen LogP) is 3.67.